The van der Waals surface area contributed by atoms with Gasteiger partial charge in [-0.15, -0.1) is 0 Å². The van der Waals surface area contributed by atoms with Crippen molar-refractivity contribution in [3.8, 4) is 0 Å². The van der Waals surface area contributed by atoms with E-state index < -0.39 is 30.0 Å². The molecule has 2 rings (SSSR count). The quantitative estimate of drug-likeness (QED) is 0.848. The molecule has 0 heterocycles. The van der Waals surface area contributed by atoms with E-state index in [1.807, 2.05) is 5.32 Å². The van der Waals surface area contributed by atoms with Gasteiger partial charge in [-0.25, -0.2) is 4.39 Å². The third-order valence-electron chi connectivity index (χ3n) is 3.33. The summed E-state index contributed by atoms with van der Waals surface area (Å²) in [6, 6.07) is 10.8. The van der Waals surface area contributed by atoms with Gasteiger partial charge in [0.05, 0.1) is 6.54 Å². The number of nitrogens with one attached hydrogen (secondary N) is 1. The minimum atomic E-state index is -4.98. The lowest BCUT2D eigenvalue weighted by Gasteiger charge is -2.31. The number of halogens is 4. The van der Waals surface area contributed by atoms with Crippen LogP contribution in [0.4, 0.5) is 17.6 Å². The highest BCUT2D eigenvalue weighted by molar-refractivity contribution is 5.94. The molecule has 0 saturated heterocycles. The lowest BCUT2D eigenvalue weighted by molar-refractivity contribution is -0.263. The predicted molar refractivity (Wildman–Crippen MR) is 75.1 cm³/mol. The van der Waals surface area contributed by atoms with Crippen molar-refractivity contribution in [2.75, 3.05) is 6.54 Å². The molecule has 7 heteroatoms. The first kappa shape index (κ1) is 17.0. The molecule has 122 valence electrons. The molecule has 2 aromatic rings. The number of benzene rings is 2. The average molecular weight is 327 g/mol. The van der Waals surface area contributed by atoms with Crippen LogP contribution in [0.25, 0.3) is 0 Å². The van der Waals surface area contributed by atoms with Gasteiger partial charge >= 0.3 is 6.18 Å². The van der Waals surface area contributed by atoms with Crippen molar-refractivity contribution in [1.82, 2.24) is 5.32 Å². The Morgan fingerprint density at radius 2 is 1.57 bits per heavy atom. The molecule has 1 atom stereocenters. The highest BCUT2D eigenvalue weighted by Crippen LogP contribution is 2.38. The monoisotopic (exact) mass is 327 g/mol. The molecule has 0 bridgehead atoms. The Kier molecular flexibility index (Phi) is 4.70. The predicted octanol–water partition coefficient (Wildman–Crippen LogP) is 3.01. The molecule has 2 N–H and O–H groups in total. The lowest BCUT2D eigenvalue weighted by Crippen LogP contribution is -2.51. The molecule has 0 aliphatic rings. The van der Waals surface area contributed by atoms with E-state index in [-0.39, 0.29) is 11.1 Å². The Morgan fingerprint density at radius 3 is 2.09 bits per heavy atom. The van der Waals surface area contributed by atoms with Gasteiger partial charge in [-0.3, -0.25) is 4.79 Å². The Labute approximate surface area is 129 Å². The van der Waals surface area contributed by atoms with Gasteiger partial charge in [-0.2, -0.15) is 13.2 Å². The fraction of sp³-hybridized carbons (Fsp3) is 0.188. The smallest absolute Gasteiger partial charge is 0.375 e. The van der Waals surface area contributed by atoms with Crippen molar-refractivity contribution in [1.29, 1.82) is 0 Å². The molecule has 2 aromatic carbocycles. The Balaban J connectivity index is 2.20. The zero-order valence-electron chi connectivity index (χ0n) is 11.8. The van der Waals surface area contributed by atoms with E-state index in [4.69, 9.17) is 0 Å². The van der Waals surface area contributed by atoms with Crippen LogP contribution in [0.2, 0.25) is 0 Å². The van der Waals surface area contributed by atoms with Gasteiger partial charge in [0.2, 0.25) is 5.60 Å². The van der Waals surface area contributed by atoms with Crippen LogP contribution in [0, 0.1) is 5.82 Å². The van der Waals surface area contributed by atoms with Gasteiger partial charge < -0.3 is 10.4 Å². The number of rotatable bonds is 4. The van der Waals surface area contributed by atoms with Crippen molar-refractivity contribution >= 4 is 5.91 Å². The molecule has 0 radical (unpaired) electrons. The zero-order chi connectivity index (χ0) is 17.1. The van der Waals surface area contributed by atoms with Crippen LogP contribution in [0.3, 0.4) is 0 Å². The SMILES string of the molecule is O=C(NCC(O)(c1ccccc1)C(F)(F)F)c1ccc(F)cc1. The number of carbonyl (C=O) groups excluding carboxylic acids is 1. The van der Waals surface area contributed by atoms with Gasteiger partial charge in [0.25, 0.3) is 5.91 Å². The van der Waals surface area contributed by atoms with Crippen molar-refractivity contribution in [3.63, 3.8) is 0 Å². The molecule has 1 amide bonds. The number of hydrogen-bond acceptors (Lipinski definition) is 2. The molecule has 0 aromatic heterocycles. The minimum absolute atomic E-state index is 0.0102. The summed E-state index contributed by atoms with van der Waals surface area (Å²) >= 11 is 0. The molecule has 0 saturated carbocycles. The van der Waals surface area contributed by atoms with E-state index >= 15 is 0 Å². The van der Waals surface area contributed by atoms with Crippen molar-refractivity contribution in [3.05, 3.63) is 71.5 Å². The Hall–Kier alpha value is -2.41. The van der Waals surface area contributed by atoms with Gasteiger partial charge in [0, 0.05) is 5.56 Å². The van der Waals surface area contributed by atoms with Crippen LogP contribution >= 0.6 is 0 Å². The second kappa shape index (κ2) is 6.37. The van der Waals surface area contributed by atoms with E-state index in [2.05, 4.69) is 0 Å². The summed E-state index contributed by atoms with van der Waals surface area (Å²) in [5.74, 6) is -1.42. The average Bonchev–Trinajstić information content (AvgIpc) is 2.52. The molecular weight excluding hydrogens is 314 g/mol. The second-order valence-corrected chi connectivity index (χ2v) is 4.91. The fourth-order valence-electron chi connectivity index (χ4n) is 1.99. The molecule has 0 spiro atoms. The summed E-state index contributed by atoms with van der Waals surface area (Å²) in [4.78, 5) is 11.8. The Bertz CT molecular complexity index is 671. The maximum Gasteiger partial charge on any atom is 0.423 e. The third-order valence-corrected chi connectivity index (χ3v) is 3.33. The maximum atomic E-state index is 13.2. The van der Waals surface area contributed by atoms with Crippen molar-refractivity contribution in [2.45, 2.75) is 11.8 Å². The van der Waals surface area contributed by atoms with Crippen LogP contribution in [0.1, 0.15) is 15.9 Å². The number of alkyl halides is 3. The first-order valence-electron chi connectivity index (χ1n) is 6.62. The molecule has 3 nitrogen and oxygen atoms in total. The van der Waals surface area contributed by atoms with Crippen LogP contribution in [0.5, 0.6) is 0 Å². The van der Waals surface area contributed by atoms with E-state index in [1.54, 1.807) is 0 Å². The van der Waals surface area contributed by atoms with Gasteiger partial charge in [0.1, 0.15) is 5.82 Å². The first-order valence-corrected chi connectivity index (χ1v) is 6.62. The normalized spacial score (nSPS) is 14.1. The van der Waals surface area contributed by atoms with Crippen molar-refractivity contribution < 1.29 is 27.5 Å². The summed E-state index contributed by atoms with van der Waals surface area (Å²) in [5, 5.41) is 12.1. The lowest BCUT2D eigenvalue weighted by atomic mass is 9.93. The molecule has 1 unspecified atom stereocenters. The van der Waals surface area contributed by atoms with Crippen LogP contribution in [-0.4, -0.2) is 23.7 Å². The Morgan fingerprint density at radius 1 is 1.00 bits per heavy atom. The van der Waals surface area contributed by atoms with E-state index in [0.29, 0.717) is 0 Å². The minimum Gasteiger partial charge on any atom is -0.375 e. The van der Waals surface area contributed by atoms with E-state index in [1.165, 1.54) is 18.2 Å². The molecular formula is C16H13F4NO2. The highest BCUT2D eigenvalue weighted by Gasteiger charge is 2.55. The summed E-state index contributed by atoms with van der Waals surface area (Å²) in [6.45, 7) is -1.06. The fourth-order valence-corrected chi connectivity index (χ4v) is 1.99. The number of hydrogen-bond donors (Lipinski definition) is 2. The first-order chi connectivity index (χ1) is 10.7. The van der Waals surface area contributed by atoms with Gasteiger partial charge in [0.15, 0.2) is 0 Å². The maximum absolute atomic E-state index is 13.2. The zero-order valence-corrected chi connectivity index (χ0v) is 11.8. The molecule has 0 aliphatic heterocycles. The summed E-state index contributed by atoms with van der Waals surface area (Å²) in [5.41, 5.74) is -3.61. The third kappa shape index (κ3) is 3.68. The van der Waals surface area contributed by atoms with Crippen molar-refractivity contribution in [2.24, 2.45) is 0 Å². The topological polar surface area (TPSA) is 49.3 Å². The summed E-state index contributed by atoms with van der Waals surface area (Å²) in [7, 11) is 0. The summed E-state index contributed by atoms with van der Waals surface area (Å²) in [6.07, 6.45) is -4.98. The number of amides is 1. The molecule has 0 fully saturated rings. The van der Waals surface area contributed by atoms with E-state index in [0.717, 1.165) is 36.4 Å². The molecule has 23 heavy (non-hydrogen) atoms. The van der Waals surface area contributed by atoms with Gasteiger partial charge in [-0.1, -0.05) is 30.3 Å². The highest BCUT2D eigenvalue weighted by atomic mass is 19.4. The standard InChI is InChI=1S/C16H13F4NO2/c17-13-8-6-11(7-9-13)14(22)21-10-15(23,16(18,19)20)12-4-2-1-3-5-12/h1-9,23H,10H2,(H,21,22). The van der Waals surface area contributed by atoms with Gasteiger partial charge in [-0.05, 0) is 29.8 Å². The summed E-state index contributed by atoms with van der Waals surface area (Å²) < 4.78 is 52.5. The number of carbonyl (C=O) groups is 1. The van der Waals surface area contributed by atoms with E-state index in [9.17, 15) is 27.5 Å². The van der Waals surface area contributed by atoms with Crippen LogP contribution < -0.4 is 5.32 Å². The number of aliphatic hydroxyl groups is 1. The molecule has 0 aliphatic carbocycles. The van der Waals surface area contributed by atoms with Crippen LogP contribution in [0.15, 0.2) is 54.6 Å². The second-order valence-electron chi connectivity index (χ2n) is 4.91. The largest absolute Gasteiger partial charge is 0.423 e. The van der Waals surface area contributed by atoms with Crippen LogP contribution in [-0.2, 0) is 5.60 Å².